The Morgan fingerprint density at radius 3 is 2.44 bits per heavy atom. The molecule has 0 radical (unpaired) electrons. The molecule has 8 heteroatoms. The summed E-state index contributed by atoms with van der Waals surface area (Å²) >= 11 is 6.14. The fraction of sp³-hybridized carbons (Fsp3) is 0.214. The third-order valence-corrected chi connectivity index (χ3v) is 6.91. The first-order chi connectivity index (χ1) is 17.7. The number of rotatable bonds is 4. The van der Waals surface area contributed by atoms with Crippen LogP contribution in [0.5, 0.6) is 0 Å². The number of nitrogens with zero attached hydrogens (tertiary/aromatic N) is 6. The van der Waals surface area contributed by atoms with Crippen molar-refractivity contribution in [3.05, 3.63) is 89.4 Å². The summed E-state index contributed by atoms with van der Waals surface area (Å²) in [6.45, 7) is 2.83. The van der Waals surface area contributed by atoms with Gasteiger partial charge in [0.15, 0.2) is 11.5 Å². The Morgan fingerprint density at radius 1 is 0.833 bits per heavy atom. The summed E-state index contributed by atoms with van der Waals surface area (Å²) in [6, 6.07) is 25.5. The van der Waals surface area contributed by atoms with Crippen molar-refractivity contribution in [2.75, 3.05) is 31.1 Å². The maximum absolute atomic E-state index is 13.0. The summed E-state index contributed by atoms with van der Waals surface area (Å²) in [4.78, 5) is 22.3. The zero-order chi connectivity index (χ0) is 24.5. The monoisotopic (exact) mass is 496 g/mol. The third-order valence-electron chi connectivity index (χ3n) is 6.66. The standard InChI is InChI=1S/C28H25ClN6O/c29-22-13-11-21(12-14-22)26-31-32-27-23-9-4-5-10-24(23)30-28(35(26)27)34-16-6-15-33(17-18-34)25(36)19-20-7-2-1-3-8-20/h1-5,7-14H,6,15-19H2. The minimum atomic E-state index is 0.158. The van der Waals surface area contributed by atoms with E-state index in [2.05, 4.69) is 15.1 Å². The van der Waals surface area contributed by atoms with Crippen molar-refractivity contribution in [1.82, 2.24) is 24.5 Å². The molecule has 0 N–H and O–H groups in total. The van der Waals surface area contributed by atoms with Gasteiger partial charge in [-0.25, -0.2) is 9.38 Å². The highest BCUT2D eigenvalue weighted by Gasteiger charge is 2.24. The maximum atomic E-state index is 13.0. The molecule has 0 spiro atoms. The minimum Gasteiger partial charge on any atom is -0.341 e. The molecule has 3 aromatic carbocycles. The SMILES string of the molecule is O=C(Cc1ccccc1)N1CCCN(c2nc3ccccc3c3nnc(-c4ccc(Cl)cc4)n23)CC1. The summed E-state index contributed by atoms with van der Waals surface area (Å²) in [5.74, 6) is 1.66. The van der Waals surface area contributed by atoms with E-state index in [-0.39, 0.29) is 5.91 Å². The van der Waals surface area contributed by atoms with Crippen LogP contribution in [0.2, 0.25) is 5.02 Å². The summed E-state index contributed by atoms with van der Waals surface area (Å²) in [7, 11) is 0. The second kappa shape index (κ2) is 9.59. The fourth-order valence-electron chi connectivity index (χ4n) is 4.81. The van der Waals surface area contributed by atoms with E-state index < -0.39 is 0 Å². The fourth-order valence-corrected chi connectivity index (χ4v) is 4.94. The molecule has 0 bridgehead atoms. The molecule has 1 saturated heterocycles. The summed E-state index contributed by atoms with van der Waals surface area (Å²) in [5, 5.41) is 10.7. The Morgan fingerprint density at radius 2 is 1.61 bits per heavy atom. The highest BCUT2D eigenvalue weighted by molar-refractivity contribution is 6.30. The molecule has 0 aliphatic carbocycles. The van der Waals surface area contributed by atoms with E-state index in [1.165, 1.54) is 0 Å². The molecule has 1 fully saturated rings. The van der Waals surface area contributed by atoms with E-state index in [4.69, 9.17) is 16.6 Å². The lowest BCUT2D eigenvalue weighted by atomic mass is 10.1. The molecule has 36 heavy (non-hydrogen) atoms. The van der Waals surface area contributed by atoms with Gasteiger partial charge in [0.25, 0.3) is 0 Å². The number of aromatic nitrogens is 4. The largest absolute Gasteiger partial charge is 0.341 e. The summed E-state index contributed by atoms with van der Waals surface area (Å²) in [6.07, 6.45) is 1.28. The molecule has 1 amide bonds. The number of anilines is 1. The molecule has 6 rings (SSSR count). The van der Waals surface area contributed by atoms with Crippen LogP contribution in [0.1, 0.15) is 12.0 Å². The van der Waals surface area contributed by atoms with Crippen molar-refractivity contribution < 1.29 is 4.79 Å². The number of hydrogen-bond acceptors (Lipinski definition) is 5. The van der Waals surface area contributed by atoms with E-state index >= 15 is 0 Å². The number of halogens is 1. The van der Waals surface area contributed by atoms with Crippen LogP contribution < -0.4 is 4.90 Å². The van der Waals surface area contributed by atoms with Gasteiger partial charge in [-0.2, -0.15) is 0 Å². The van der Waals surface area contributed by atoms with E-state index in [0.29, 0.717) is 24.5 Å². The van der Waals surface area contributed by atoms with Crippen molar-refractivity contribution in [2.24, 2.45) is 0 Å². The van der Waals surface area contributed by atoms with Gasteiger partial charge in [0, 0.05) is 42.2 Å². The van der Waals surface area contributed by atoms with Gasteiger partial charge >= 0.3 is 0 Å². The Labute approximate surface area is 214 Å². The van der Waals surface area contributed by atoms with Crippen LogP contribution in [0.15, 0.2) is 78.9 Å². The second-order valence-corrected chi connectivity index (χ2v) is 9.44. The van der Waals surface area contributed by atoms with Crippen molar-refractivity contribution in [3.63, 3.8) is 0 Å². The van der Waals surface area contributed by atoms with Gasteiger partial charge in [0.2, 0.25) is 11.9 Å². The molecule has 0 atom stereocenters. The molecule has 1 aliphatic heterocycles. The Hall–Kier alpha value is -3.97. The van der Waals surface area contributed by atoms with Gasteiger partial charge in [0.05, 0.1) is 11.9 Å². The van der Waals surface area contributed by atoms with Crippen molar-refractivity contribution in [1.29, 1.82) is 0 Å². The van der Waals surface area contributed by atoms with E-state index in [0.717, 1.165) is 59.0 Å². The zero-order valence-electron chi connectivity index (χ0n) is 19.7. The van der Waals surface area contributed by atoms with E-state index in [9.17, 15) is 4.79 Å². The van der Waals surface area contributed by atoms with Gasteiger partial charge in [0.1, 0.15) is 0 Å². The lowest BCUT2D eigenvalue weighted by Crippen LogP contribution is -2.36. The molecule has 0 saturated carbocycles. The third kappa shape index (κ3) is 4.27. The van der Waals surface area contributed by atoms with Crippen molar-refractivity contribution >= 4 is 40.0 Å². The number of hydrogen-bond donors (Lipinski definition) is 0. The lowest BCUT2D eigenvalue weighted by molar-refractivity contribution is -0.130. The van der Waals surface area contributed by atoms with Gasteiger partial charge < -0.3 is 9.80 Å². The number of fused-ring (bicyclic) bond motifs is 3. The quantitative estimate of drug-likeness (QED) is 0.355. The van der Waals surface area contributed by atoms with Crippen LogP contribution in [0.4, 0.5) is 5.95 Å². The first-order valence-electron chi connectivity index (χ1n) is 12.1. The number of carbonyl (C=O) groups is 1. The molecule has 2 aromatic heterocycles. The van der Waals surface area contributed by atoms with Crippen molar-refractivity contribution in [2.45, 2.75) is 12.8 Å². The van der Waals surface area contributed by atoms with Crippen LogP contribution in [0.25, 0.3) is 27.9 Å². The number of benzene rings is 3. The molecule has 0 unspecified atom stereocenters. The van der Waals surface area contributed by atoms with Crippen LogP contribution >= 0.6 is 11.6 Å². The molecule has 3 heterocycles. The molecular weight excluding hydrogens is 472 g/mol. The summed E-state index contributed by atoms with van der Waals surface area (Å²) in [5.41, 5.74) is 3.59. The van der Waals surface area contributed by atoms with E-state index in [1.807, 2.05) is 88.2 Å². The number of amides is 1. The normalized spacial score (nSPS) is 14.4. The molecule has 7 nitrogen and oxygen atoms in total. The molecular formula is C28H25ClN6O. The Kier molecular flexibility index (Phi) is 5.99. The maximum Gasteiger partial charge on any atom is 0.227 e. The predicted octanol–water partition coefficient (Wildman–Crippen LogP) is 4.88. The van der Waals surface area contributed by atoms with Gasteiger partial charge in [-0.1, -0.05) is 54.1 Å². The van der Waals surface area contributed by atoms with Crippen LogP contribution in [-0.2, 0) is 11.2 Å². The minimum absolute atomic E-state index is 0.158. The highest BCUT2D eigenvalue weighted by atomic mass is 35.5. The molecule has 1 aliphatic rings. The van der Waals surface area contributed by atoms with Crippen LogP contribution in [0.3, 0.4) is 0 Å². The van der Waals surface area contributed by atoms with Crippen molar-refractivity contribution in [3.8, 4) is 11.4 Å². The van der Waals surface area contributed by atoms with Crippen LogP contribution in [-0.4, -0.2) is 56.6 Å². The second-order valence-electron chi connectivity index (χ2n) is 9.00. The summed E-state index contributed by atoms with van der Waals surface area (Å²) < 4.78 is 2.03. The lowest BCUT2D eigenvalue weighted by Gasteiger charge is -2.24. The highest BCUT2D eigenvalue weighted by Crippen LogP contribution is 2.29. The first-order valence-corrected chi connectivity index (χ1v) is 12.5. The number of para-hydroxylation sites is 1. The van der Waals surface area contributed by atoms with E-state index in [1.54, 1.807) is 0 Å². The number of carbonyl (C=O) groups excluding carboxylic acids is 1. The van der Waals surface area contributed by atoms with Gasteiger partial charge in [-0.05, 0) is 48.4 Å². The van der Waals surface area contributed by atoms with Gasteiger partial charge in [-0.15, -0.1) is 10.2 Å². The van der Waals surface area contributed by atoms with Gasteiger partial charge in [-0.3, -0.25) is 4.79 Å². The molecule has 5 aromatic rings. The smallest absolute Gasteiger partial charge is 0.227 e. The average Bonchev–Trinajstić information content (AvgIpc) is 3.20. The zero-order valence-corrected chi connectivity index (χ0v) is 20.5. The topological polar surface area (TPSA) is 66.6 Å². The predicted molar refractivity (Wildman–Crippen MR) is 142 cm³/mol. The first kappa shape index (κ1) is 22.5. The Bertz CT molecular complexity index is 1530. The van der Waals surface area contributed by atoms with Crippen LogP contribution in [0, 0.1) is 0 Å². The Balaban J connectivity index is 1.36. The average molecular weight is 497 g/mol. The molecule has 180 valence electrons.